The number of hydrogen-bond donors (Lipinski definition) is 1. The molecule has 0 aromatic heterocycles. The summed E-state index contributed by atoms with van der Waals surface area (Å²) in [4.78, 5) is 0. The largest absolute Gasteiger partial charge is 0.496 e. The Hall–Kier alpha value is -1.09. The fourth-order valence-electron chi connectivity index (χ4n) is 1.18. The van der Waals surface area contributed by atoms with Gasteiger partial charge in [0.15, 0.2) is 0 Å². The van der Waals surface area contributed by atoms with Crippen LogP contribution in [0.2, 0.25) is 0 Å². The monoisotopic (exact) mass is 197 g/mol. The molecule has 0 fully saturated rings. The topological polar surface area (TPSA) is 21.3 Å². The van der Waals surface area contributed by atoms with Gasteiger partial charge in [-0.3, -0.25) is 0 Å². The molecule has 1 N–H and O–H groups in total. The molecule has 0 saturated carbocycles. The summed E-state index contributed by atoms with van der Waals surface area (Å²) < 4.78 is 17.9. The van der Waals surface area contributed by atoms with Crippen LogP contribution in [0, 0.1) is 5.82 Å². The highest BCUT2D eigenvalue weighted by Crippen LogP contribution is 2.19. The highest BCUT2D eigenvalue weighted by molar-refractivity contribution is 5.33. The lowest BCUT2D eigenvalue weighted by molar-refractivity contribution is 0.403. The molecule has 1 aromatic rings. The van der Waals surface area contributed by atoms with E-state index in [1.54, 1.807) is 13.2 Å². The van der Waals surface area contributed by atoms with Crippen LogP contribution >= 0.6 is 0 Å². The van der Waals surface area contributed by atoms with Gasteiger partial charge in [0.1, 0.15) is 11.6 Å². The maximum Gasteiger partial charge on any atom is 0.126 e. The lowest BCUT2D eigenvalue weighted by Gasteiger charge is -2.11. The highest BCUT2D eigenvalue weighted by Gasteiger charge is 2.04. The SMILES string of the molecule is COc1cc(F)ccc1CNC(C)C. The normalized spacial score (nSPS) is 10.6. The van der Waals surface area contributed by atoms with Crippen molar-refractivity contribution in [2.45, 2.75) is 26.4 Å². The molecule has 0 saturated heterocycles. The minimum atomic E-state index is -0.268. The summed E-state index contributed by atoms with van der Waals surface area (Å²) in [6.07, 6.45) is 0. The number of rotatable bonds is 4. The zero-order chi connectivity index (χ0) is 10.6. The third kappa shape index (κ3) is 3.00. The molecule has 0 amide bonds. The van der Waals surface area contributed by atoms with E-state index in [-0.39, 0.29) is 5.82 Å². The molecule has 0 heterocycles. The zero-order valence-electron chi connectivity index (χ0n) is 8.80. The van der Waals surface area contributed by atoms with Crippen LogP contribution in [0.1, 0.15) is 19.4 Å². The minimum Gasteiger partial charge on any atom is -0.496 e. The van der Waals surface area contributed by atoms with Crippen LogP contribution in [-0.4, -0.2) is 13.2 Å². The van der Waals surface area contributed by atoms with Crippen molar-refractivity contribution in [1.29, 1.82) is 0 Å². The maximum absolute atomic E-state index is 12.8. The molecule has 3 heteroatoms. The lowest BCUT2D eigenvalue weighted by Crippen LogP contribution is -2.22. The van der Waals surface area contributed by atoms with Crippen LogP contribution in [0.25, 0.3) is 0 Å². The molecule has 0 bridgehead atoms. The van der Waals surface area contributed by atoms with Gasteiger partial charge in [-0.15, -0.1) is 0 Å². The predicted octanol–water partition coefficient (Wildman–Crippen LogP) is 2.33. The van der Waals surface area contributed by atoms with Gasteiger partial charge in [0.25, 0.3) is 0 Å². The quantitative estimate of drug-likeness (QED) is 0.799. The van der Waals surface area contributed by atoms with E-state index in [0.29, 0.717) is 18.3 Å². The Morgan fingerprint density at radius 3 is 2.71 bits per heavy atom. The van der Waals surface area contributed by atoms with Crippen LogP contribution in [0.15, 0.2) is 18.2 Å². The predicted molar refractivity (Wildman–Crippen MR) is 54.9 cm³/mol. The Bertz CT molecular complexity index is 299. The minimum absolute atomic E-state index is 0.268. The molecule has 14 heavy (non-hydrogen) atoms. The first-order chi connectivity index (χ1) is 6.63. The molecular weight excluding hydrogens is 181 g/mol. The van der Waals surface area contributed by atoms with Gasteiger partial charge < -0.3 is 10.1 Å². The third-order valence-electron chi connectivity index (χ3n) is 1.95. The van der Waals surface area contributed by atoms with Gasteiger partial charge in [-0.1, -0.05) is 19.9 Å². The van der Waals surface area contributed by atoms with E-state index < -0.39 is 0 Å². The Morgan fingerprint density at radius 2 is 2.14 bits per heavy atom. The Kier molecular flexibility index (Phi) is 3.89. The van der Waals surface area contributed by atoms with Crippen LogP contribution < -0.4 is 10.1 Å². The number of nitrogens with one attached hydrogen (secondary N) is 1. The second-order valence-corrected chi connectivity index (χ2v) is 3.49. The molecule has 0 atom stereocenters. The van der Waals surface area contributed by atoms with Gasteiger partial charge in [-0.2, -0.15) is 0 Å². The summed E-state index contributed by atoms with van der Waals surface area (Å²) in [6.45, 7) is 4.83. The van der Waals surface area contributed by atoms with Crippen molar-refractivity contribution in [3.05, 3.63) is 29.6 Å². The van der Waals surface area contributed by atoms with Crippen molar-refractivity contribution in [3.63, 3.8) is 0 Å². The molecule has 2 nitrogen and oxygen atoms in total. The molecule has 0 aliphatic heterocycles. The van der Waals surface area contributed by atoms with E-state index in [0.717, 1.165) is 5.56 Å². The second-order valence-electron chi connectivity index (χ2n) is 3.49. The number of ether oxygens (including phenoxy) is 1. The fraction of sp³-hybridized carbons (Fsp3) is 0.455. The molecule has 0 unspecified atom stereocenters. The van der Waals surface area contributed by atoms with Gasteiger partial charge >= 0.3 is 0 Å². The summed E-state index contributed by atoms with van der Waals surface area (Å²) in [5.74, 6) is 0.327. The van der Waals surface area contributed by atoms with E-state index in [1.165, 1.54) is 12.1 Å². The molecule has 1 aromatic carbocycles. The molecule has 0 radical (unpaired) electrons. The summed E-state index contributed by atoms with van der Waals surface area (Å²) in [5, 5.41) is 3.25. The van der Waals surface area contributed by atoms with Crippen molar-refractivity contribution in [2.75, 3.05) is 7.11 Å². The second kappa shape index (κ2) is 4.96. The van der Waals surface area contributed by atoms with Gasteiger partial charge in [-0.05, 0) is 6.07 Å². The van der Waals surface area contributed by atoms with E-state index in [4.69, 9.17) is 4.74 Å². The van der Waals surface area contributed by atoms with E-state index in [9.17, 15) is 4.39 Å². The summed E-state index contributed by atoms with van der Waals surface area (Å²) >= 11 is 0. The molecule has 1 rings (SSSR count). The summed E-state index contributed by atoms with van der Waals surface area (Å²) in [6, 6.07) is 4.99. The van der Waals surface area contributed by atoms with Crippen LogP contribution in [0.5, 0.6) is 5.75 Å². The van der Waals surface area contributed by atoms with Gasteiger partial charge in [0.05, 0.1) is 7.11 Å². The van der Waals surface area contributed by atoms with Crippen LogP contribution in [0.4, 0.5) is 4.39 Å². The van der Waals surface area contributed by atoms with Gasteiger partial charge in [0.2, 0.25) is 0 Å². The number of hydrogen-bond acceptors (Lipinski definition) is 2. The summed E-state index contributed by atoms with van der Waals surface area (Å²) in [7, 11) is 1.55. The fourth-order valence-corrected chi connectivity index (χ4v) is 1.18. The zero-order valence-corrected chi connectivity index (χ0v) is 8.80. The third-order valence-corrected chi connectivity index (χ3v) is 1.95. The number of methoxy groups -OCH3 is 1. The highest BCUT2D eigenvalue weighted by atomic mass is 19.1. The van der Waals surface area contributed by atoms with E-state index >= 15 is 0 Å². The van der Waals surface area contributed by atoms with Gasteiger partial charge in [-0.25, -0.2) is 4.39 Å². The van der Waals surface area contributed by atoms with E-state index in [2.05, 4.69) is 19.2 Å². The standard InChI is InChI=1S/C11H16FNO/c1-8(2)13-7-9-4-5-10(12)6-11(9)14-3/h4-6,8,13H,7H2,1-3H3. The Morgan fingerprint density at radius 1 is 1.43 bits per heavy atom. The van der Waals surface area contributed by atoms with Crippen LogP contribution in [0.3, 0.4) is 0 Å². The van der Waals surface area contributed by atoms with Gasteiger partial charge in [0, 0.05) is 24.2 Å². The van der Waals surface area contributed by atoms with Crippen molar-refractivity contribution < 1.29 is 9.13 Å². The molecule has 0 aliphatic rings. The first-order valence-electron chi connectivity index (χ1n) is 4.69. The smallest absolute Gasteiger partial charge is 0.126 e. The van der Waals surface area contributed by atoms with E-state index in [1.807, 2.05) is 0 Å². The van der Waals surface area contributed by atoms with Crippen molar-refractivity contribution in [2.24, 2.45) is 0 Å². The Labute approximate surface area is 84.1 Å². The first-order valence-corrected chi connectivity index (χ1v) is 4.69. The maximum atomic E-state index is 12.8. The molecule has 0 aliphatic carbocycles. The molecule has 0 spiro atoms. The number of halogens is 1. The van der Waals surface area contributed by atoms with Crippen LogP contribution in [-0.2, 0) is 6.54 Å². The van der Waals surface area contributed by atoms with Crippen molar-refractivity contribution in [3.8, 4) is 5.75 Å². The van der Waals surface area contributed by atoms with Crippen molar-refractivity contribution >= 4 is 0 Å². The molecule has 78 valence electrons. The summed E-state index contributed by atoms with van der Waals surface area (Å²) in [5.41, 5.74) is 0.975. The van der Waals surface area contributed by atoms with Crippen molar-refractivity contribution in [1.82, 2.24) is 5.32 Å². The lowest BCUT2D eigenvalue weighted by atomic mass is 10.2. The average Bonchev–Trinajstić information content (AvgIpc) is 2.15. The Balaban J connectivity index is 2.75. The first kappa shape index (κ1) is 11.0. The average molecular weight is 197 g/mol. The number of benzene rings is 1. The molecular formula is C11H16FNO.